The molecular formula is C12H15NO3S. The van der Waals surface area contributed by atoms with Crippen molar-refractivity contribution in [3.63, 3.8) is 0 Å². The topological polar surface area (TPSA) is 80.4 Å². The molecule has 17 heavy (non-hydrogen) atoms. The van der Waals surface area contributed by atoms with Crippen molar-refractivity contribution in [2.75, 3.05) is 0 Å². The van der Waals surface area contributed by atoms with Crippen LogP contribution >= 0.6 is 0 Å². The largest absolute Gasteiger partial charge is 0.398 e. The number of hydrogen-bond acceptors (Lipinski definition) is 3. The fraction of sp³-hybridized carbons (Fsp3) is 0.167. The second kappa shape index (κ2) is 5.16. The number of aryl methyl sites for hydroxylation is 1. The maximum atomic E-state index is 10.8. The summed E-state index contributed by atoms with van der Waals surface area (Å²) in [6, 6.07) is 7.66. The molecule has 0 saturated carbocycles. The molecule has 3 N–H and O–H groups in total. The van der Waals surface area contributed by atoms with Crippen molar-refractivity contribution >= 4 is 16.2 Å². The van der Waals surface area contributed by atoms with Gasteiger partial charge in [0.2, 0.25) is 0 Å². The first-order chi connectivity index (χ1) is 7.80. The first-order valence-corrected chi connectivity index (χ1v) is 6.43. The van der Waals surface area contributed by atoms with E-state index in [4.69, 9.17) is 10.3 Å². The predicted octanol–water partition coefficient (Wildman–Crippen LogP) is 2.09. The zero-order valence-corrected chi connectivity index (χ0v) is 10.5. The Morgan fingerprint density at radius 3 is 2.59 bits per heavy atom. The Morgan fingerprint density at radius 1 is 1.41 bits per heavy atom. The SMILES string of the molecule is C/C(=C(N)\C=C/c1cccc(C)c1)S(=O)(=O)O. The van der Waals surface area contributed by atoms with Crippen molar-refractivity contribution in [2.24, 2.45) is 5.73 Å². The van der Waals surface area contributed by atoms with E-state index in [1.165, 1.54) is 13.0 Å². The molecule has 0 aromatic heterocycles. The number of allylic oxidation sites excluding steroid dienone is 2. The minimum absolute atomic E-state index is 0.0222. The maximum absolute atomic E-state index is 10.8. The quantitative estimate of drug-likeness (QED) is 0.638. The zero-order chi connectivity index (χ0) is 13.1. The van der Waals surface area contributed by atoms with Crippen molar-refractivity contribution < 1.29 is 13.0 Å². The fourth-order valence-electron chi connectivity index (χ4n) is 1.23. The Balaban J connectivity index is 3.00. The molecule has 0 aliphatic heterocycles. The first-order valence-electron chi connectivity index (χ1n) is 4.99. The third kappa shape index (κ3) is 4.05. The van der Waals surface area contributed by atoms with Crippen molar-refractivity contribution in [2.45, 2.75) is 13.8 Å². The van der Waals surface area contributed by atoms with E-state index in [1.807, 2.05) is 31.2 Å². The standard InChI is InChI=1S/C12H15NO3S/c1-9-4-3-5-11(8-9)6-7-12(13)10(2)17(14,15)16/h3-8H,13H2,1-2H3,(H,14,15,16)/b7-6-,12-10-. The molecule has 0 aliphatic carbocycles. The summed E-state index contributed by atoms with van der Waals surface area (Å²) >= 11 is 0. The Hall–Kier alpha value is -1.59. The van der Waals surface area contributed by atoms with Crippen LogP contribution in [-0.2, 0) is 10.1 Å². The number of benzene rings is 1. The average Bonchev–Trinajstić information content (AvgIpc) is 2.23. The maximum Gasteiger partial charge on any atom is 0.292 e. The van der Waals surface area contributed by atoms with Gasteiger partial charge in [-0.25, -0.2) is 0 Å². The molecule has 92 valence electrons. The molecule has 1 aromatic carbocycles. The third-order valence-corrected chi connectivity index (χ3v) is 3.30. The molecule has 0 spiro atoms. The Kier molecular flexibility index (Phi) is 4.09. The van der Waals surface area contributed by atoms with E-state index in [1.54, 1.807) is 6.08 Å². The highest BCUT2D eigenvalue weighted by Gasteiger charge is 2.10. The molecule has 1 aromatic rings. The Bertz CT molecular complexity index is 571. The van der Waals surface area contributed by atoms with Crippen LogP contribution in [0.25, 0.3) is 6.08 Å². The molecule has 0 bridgehead atoms. The normalized spacial score (nSPS) is 13.8. The lowest BCUT2D eigenvalue weighted by Gasteiger charge is -2.00. The van der Waals surface area contributed by atoms with Gasteiger partial charge in [-0.15, -0.1) is 0 Å². The molecule has 1 rings (SSSR count). The van der Waals surface area contributed by atoms with Gasteiger partial charge in [-0.3, -0.25) is 4.55 Å². The van der Waals surface area contributed by atoms with Gasteiger partial charge in [0, 0.05) is 5.70 Å². The zero-order valence-electron chi connectivity index (χ0n) is 9.71. The van der Waals surface area contributed by atoms with E-state index in [0.29, 0.717) is 0 Å². The van der Waals surface area contributed by atoms with Crippen LogP contribution in [0.3, 0.4) is 0 Å². The van der Waals surface area contributed by atoms with Gasteiger partial charge in [0.05, 0.1) is 4.91 Å². The lowest BCUT2D eigenvalue weighted by atomic mass is 10.1. The fourth-order valence-corrected chi connectivity index (χ4v) is 1.59. The molecular weight excluding hydrogens is 238 g/mol. The van der Waals surface area contributed by atoms with Crippen LogP contribution in [-0.4, -0.2) is 13.0 Å². The van der Waals surface area contributed by atoms with Gasteiger partial charge in [-0.2, -0.15) is 8.42 Å². The second-order valence-corrected chi connectivity index (χ2v) is 5.30. The second-order valence-electron chi connectivity index (χ2n) is 3.73. The van der Waals surface area contributed by atoms with Gasteiger partial charge in [-0.1, -0.05) is 35.9 Å². The van der Waals surface area contributed by atoms with E-state index < -0.39 is 10.1 Å². The van der Waals surface area contributed by atoms with E-state index in [9.17, 15) is 8.42 Å². The van der Waals surface area contributed by atoms with Gasteiger partial charge >= 0.3 is 0 Å². The van der Waals surface area contributed by atoms with Crippen LogP contribution in [0.1, 0.15) is 18.1 Å². The molecule has 0 unspecified atom stereocenters. The molecule has 4 nitrogen and oxygen atoms in total. The number of nitrogens with two attached hydrogens (primary N) is 1. The van der Waals surface area contributed by atoms with Crippen molar-refractivity contribution in [1.29, 1.82) is 0 Å². The minimum atomic E-state index is -4.21. The summed E-state index contributed by atoms with van der Waals surface area (Å²) in [4.78, 5) is -0.249. The lowest BCUT2D eigenvalue weighted by Crippen LogP contribution is -2.06. The highest BCUT2D eigenvalue weighted by atomic mass is 32.2. The van der Waals surface area contributed by atoms with Crippen molar-refractivity contribution in [3.8, 4) is 0 Å². The van der Waals surface area contributed by atoms with Gasteiger partial charge in [0.15, 0.2) is 0 Å². The number of rotatable bonds is 3. The number of hydrogen-bond donors (Lipinski definition) is 2. The highest BCUT2D eigenvalue weighted by Crippen LogP contribution is 2.10. The first kappa shape index (κ1) is 13.5. The Morgan fingerprint density at radius 2 is 2.06 bits per heavy atom. The van der Waals surface area contributed by atoms with Crippen molar-refractivity contribution in [3.05, 3.63) is 52.1 Å². The van der Waals surface area contributed by atoms with E-state index in [-0.39, 0.29) is 10.6 Å². The minimum Gasteiger partial charge on any atom is -0.398 e. The van der Waals surface area contributed by atoms with E-state index in [2.05, 4.69) is 0 Å². The molecule has 0 fully saturated rings. The average molecular weight is 253 g/mol. The van der Waals surface area contributed by atoms with E-state index >= 15 is 0 Å². The van der Waals surface area contributed by atoms with Crippen LogP contribution in [0, 0.1) is 6.92 Å². The summed E-state index contributed by atoms with van der Waals surface area (Å²) in [6.45, 7) is 3.21. The lowest BCUT2D eigenvalue weighted by molar-refractivity contribution is 0.490. The van der Waals surface area contributed by atoms with Gasteiger partial charge in [0.25, 0.3) is 10.1 Å². The van der Waals surface area contributed by atoms with Crippen LogP contribution in [0.4, 0.5) is 0 Å². The molecule has 0 atom stereocenters. The van der Waals surface area contributed by atoms with Gasteiger partial charge in [-0.05, 0) is 25.5 Å². The molecule has 0 saturated heterocycles. The summed E-state index contributed by atoms with van der Waals surface area (Å²) in [7, 11) is -4.21. The van der Waals surface area contributed by atoms with E-state index in [0.717, 1.165) is 11.1 Å². The van der Waals surface area contributed by atoms with Gasteiger partial charge in [0.1, 0.15) is 0 Å². The summed E-state index contributed by atoms with van der Waals surface area (Å²) in [6.07, 6.45) is 3.15. The summed E-state index contributed by atoms with van der Waals surface area (Å²) in [5, 5.41) is 0. The van der Waals surface area contributed by atoms with Crippen LogP contribution in [0.5, 0.6) is 0 Å². The van der Waals surface area contributed by atoms with Gasteiger partial charge < -0.3 is 5.73 Å². The summed E-state index contributed by atoms with van der Waals surface area (Å²) < 4.78 is 30.4. The van der Waals surface area contributed by atoms with Crippen molar-refractivity contribution in [1.82, 2.24) is 0 Å². The summed E-state index contributed by atoms with van der Waals surface area (Å²) in [5.74, 6) is 0. The molecule has 5 heteroatoms. The third-order valence-electron chi connectivity index (χ3n) is 2.29. The molecule has 0 heterocycles. The van der Waals surface area contributed by atoms with Crippen LogP contribution in [0.2, 0.25) is 0 Å². The predicted molar refractivity (Wildman–Crippen MR) is 68.6 cm³/mol. The van der Waals surface area contributed by atoms with Crippen LogP contribution in [0.15, 0.2) is 40.9 Å². The molecule has 0 amide bonds. The van der Waals surface area contributed by atoms with Crippen LogP contribution < -0.4 is 5.73 Å². The molecule has 0 aliphatic rings. The molecule has 0 radical (unpaired) electrons. The smallest absolute Gasteiger partial charge is 0.292 e. The highest BCUT2D eigenvalue weighted by molar-refractivity contribution is 7.89. The Labute approximate surface area is 101 Å². The summed E-state index contributed by atoms with van der Waals surface area (Å²) in [5.41, 5.74) is 7.58. The monoisotopic (exact) mass is 253 g/mol.